The van der Waals surface area contributed by atoms with Crippen LogP contribution in [0.25, 0.3) is 10.7 Å². The monoisotopic (exact) mass is 325 g/mol. The van der Waals surface area contributed by atoms with Crippen LogP contribution < -0.4 is 4.18 Å². The van der Waals surface area contributed by atoms with Gasteiger partial charge in [0.1, 0.15) is 10.7 Å². The fourth-order valence-corrected chi connectivity index (χ4v) is 2.71. The van der Waals surface area contributed by atoms with Crippen LogP contribution in [0.4, 0.5) is 13.2 Å². The molecule has 108 valence electrons. The number of aromatic nitrogens is 3. The van der Waals surface area contributed by atoms with E-state index in [1.54, 1.807) is 0 Å². The van der Waals surface area contributed by atoms with Gasteiger partial charge < -0.3 is 4.18 Å². The van der Waals surface area contributed by atoms with Crippen molar-refractivity contribution in [2.75, 3.05) is 0 Å². The van der Waals surface area contributed by atoms with E-state index in [1.807, 2.05) is 0 Å². The third kappa shape index (κ3) is 2.88. The van der Waals surface area contributed by atoms with Gasteiger partial charge in [0.2, 0.25) is 5.06 Å². The molecule has 0 aliphatic rings. The zero-order chi connectivity index (χ0) is 15.0. The van der Waals surface area contributed by atoms with Crippen molar-refractivity contribution in [3.05, 3.63) is 24.3 Å². The van der Waals surface area contributed by atoms with Crippen LogP contribution in [0.3, 0.4) is 0 Å². The summed E-state index contributed by atoms with van der Waals surface area (Å²) >= 11 is 0.641. The van der Waals surface area contributed by atoms with E-state index in [4.69, 9.17) is 0 Å². The van der Waals surface area contributed by atoms with Gasteiger partial charge in [0.15, 0.2) is 0 Å². The van der Waals surface area contributed by atoms with Crippen molar-refractivity contribution in [2.24, 2.45) is 0 Å². The van der Waals surface area contributed by atoms with Crippen LogP contribution >= 0.6 is 11.3 Å². The molecule has 2 aromatic rings. The molecule has 2 heterocycles. The van der Waals surface area contributed by atoms with Crippen molar-refractivity contribution < 1.29 is 25.8 Å². The summed E-state index contributed by atoms with van der Waals surface area (Å²) in [5, 5.41) is -0.244. The summed E-state index contributed by atoms with van der Waals surface area (Å²) in [6, 6.07) is 0. The molecule has 0 saturated heterocycles. The fraction of sp³-hybridized carbons (Fsp3) is 0.222. The Hall–Kier alpha value is -1.75. The lowest BCUT2D eigenvalue weighted by atomic mass is 10.4. The maximum absolute atomic E-state index is 12.2. The van der Waals surface area contributed by atoms with Gasteiger partial charge in [-0.2, -0.15) is 21.6 Å². The molecule has 0 amide bonds. The number of nitrogens with zero attached hydrogens (tertiary/aromatic N) is 3. The van der Waals surface area contributed by atoms with Gasteiger partial charge in [0.05, 0.1) is 11.9 Å². The average Bonchev–Trinajstić information content (AvgIpc) is 2.70. The van der Waals surface area contributed by atoms with Crippen LogP contribution in [0.2, 0.25) is 0 Å². The van der Waals surface area contributed by atoms with E-state index >= 15 is 0 Å². The molecule has 2 aromatic heterocycles. The number of alkyl halides is 3. The van der Waals surface area contributed by atoms with Crippen molar-refractivity contribution in [1.82, 2.24) is 15.0 Å². The van der Waals surface area contributed by atoms with Crippen molar-refractivity contribution in [3.8, 4) is 15.8 Å². The maximum Gasteiger partial charge on any atom is 0.534 e. The zero-order valence-electron chi connectivity index (χ0n) is 9.75. The van der Waals surface area contributed by atoms with Crippen LogP contribution in [0.5, 0.6) is 5.06 Å². The predicted octanol–water partition coefficient (Wildman–Crippen LogP) is 2.14. The largest absolute Gasteiger partial charge is 0.534 e. The highest BCUT2D eigenvalue weighted by atomic mass is 32.2. The molecule has 6 nitrogen and oxygen atoms in total. The number of hydrogen-bond donors (Lipinski definition) is 0. The first-order valence-electron chi connectivity index (χ1n) is 4.95. The van der Waals surface area contributed by atoms with Crippen LogP contribution in [0, 0.1) is 6.92 Å². The lowest BCUT2D eigenvalue weighted by Crippen LogP contribution is -2.27. The van der Waals surface area contributed by atoms with Crippen molar-refractivity contribution in [1.29, 1.82) is 0 Å². The number of halogens is 3. The Kier molecular flexibility index (Phi) is 3.65. The lowest BCUT2D eigenvalue weighted by molar-refractivity contribution is -0.0499. The first-order chi connectivity index (χ1) is 9.21. The molecular formula is C9H6F3N3O3S2. The second-order valence-corrected chi connectivity index (χ2v) is 5.97. The molecule has 0 saturated carbocycles. The van der Waals surface area contributed by atoms with E-state index < -0.39 is 20.7 Å². The first-order valence-corrected chi connectivity index (χ1v) is 7.18. The minimum atomic E-state index is -5.71. The number of rotatable bonds is 3. The Balaban J connectivity index is 2.35. The van der Waals surface area contributed by atoms with Gasteiger partial charge in [0.25, 0.3) is 0 Å². The molecule has 0 atom stereocenters. The number of hydrogen-bond acceptors (Lipinski definition) is 7. The number of aryl methyl sites for hydroxylation is 1. The van der Waals surface area contributed by atoms with Crippen LogP contribution in [-0.4, -0.2) is 28.9 Å². The first kappa shape index (κ1) is 14.7. The molecule has 0 bridgehead atoms. The lowest BCUT2D eigenvalue weighted by Gasteiger charge is -2.07. The molecule has 0 unspecified atom stereocenters. The smallest absolute Gasteiger partial charge is 0.363 e. The van der Waals surface area contributed by atoms with Gasteiger partial charge in [-0.1, -0.05) is 11.3 Å². The van der Waals surface area contributed by atoms with E-state index in [-0.39, 0.29) is 10.7 Å². The van der Waals surface area contributed by atoms with Crippen molar-refractivity contribution in [3.63, 3.8) is 0 Å². The molecular weight excluding hydrogens is 319 g/mol. The van der Waals surface area contributed by atoms with Crippen LogP contribution in [-0.2, 0) is 10.1 Å². The second kappa shape index (κ2) is 4.98. The topological polar surface area (TPSA) is 82.0 Å². The zero-order valence-corrected chi connectivity index (χ0v) is 11.4. The highest BCUT2D eigenvalue weighted by Gasteiger charge is 2.49. The normalized spacial score (nSPS) is 12.4. The average molecular weight is 325 g/mol. The molecule has 2 rings (SSSR count). The second-order valence-electron chi connectivity index (χ2n) is 3.47. The highest BCUT2D eigenvalue weighted by Crippen LogP contribution is 2.36. The van der Waals surface area contributed by atoms with Crippen molar-refractivity contribution >= 4 is 21.5 Å². The Bertz CT molecular complexity index is 713. The molecule has 0 spiro atoms. The Labute approximate surface area is 115 Å². The Morgan fingerprint density at radius 2 is 2.00 bits per heavy atom. The van der Waals surface area contributed by atoms with Gasteiger partial charge >= 0.3 is 15.6 Å². The van der Waals surface area contributed by atoms with E-state index in [0.717, 1.165) is 0 Å². The molecule has 0 N–H and O–H groups in total. The molecule has 0 radical (unpaired) electrons. The van der Waals surface area contributed by atoms with Crippen LogP contribution in [0.1, 0.15) is 5.69 Å². The predicted molar refractivity (Wildman–Crippen MR) is 63.5 cm³/mol. The Morgan fingerprint density at radius 3 is 2.55 bits per heavy atom. The molecule has 20 heavy (non-hydrogen) atoms. The Morgan fingerprint density at radius 1 is 1.30 bits per heavy atom. The molecule has 11 heteroatoms. The minimum Gasteiger partial charge on any atom is -0.363 e. The summed E-state index contributed by atoms with van der Waals surface area (Å²) in [6.07, 6.45) is 4.13. The minimum absolute atomic E-state index is 0.0171. The van der Waals surface area contributed by atoms with E-state index in [9.17, 15) is 21.6 Å². The number of thiazole rings is 1. The maximum atomic E-state index is 12.2. The third-order valence-electron chi connectivity index (χ3n) is 2.01. The summed E-state index contributed by atoms with van der Waals surface area (Å²) in [5.41, 5.74) is -5.17. The third-order valence-corrected chi connectivity index (χ3v) is 4.12. The highest BCUT2D eigenvalue weighted by molar-refractivity contribution is 7.88. The molecule has 0 fully saturated rings. The summed E-state index contributed by atoms with van der Waals surface area (Å²) in [4.78, 5) is 11.6. The summed E-state index contributed by atoms with van der Waals surface area (Å²) in [7, 11) is -5.71. The molecule has 0 aliphatic carbocycles. The summed E-state index contributed by atoms with van der Waals surface area (Å²) < 4.78 is 62.6. The van der Waals surface area contributed by atoms with Gasteiger partial charge in [-0.05, 0) is 6.92 Å². The summed E-state index contributed by atoms with van der Waals surface area (Å²) in [5.74, 6) is 0. The van der Waals surface area contributed by atoms with E-state index in [0.29, 0.717) is 17.0 Å². The van der Waals surface area contributed by atoms with Gasteiger partial charge in [-0.3, -0.25) is 9.97 Å². The van der Waals surface area contributed by atoms with Crippen LogP contribution in [0.15, 0.2) is 18.6 Å². The van der Waals surface area contributed by atoms with Gasteiger partial charge in [-0.15, -0.1) is 0 Å². The molecule has 0 aromatic carbocycles. The summed E-state index contributed by atoms with van der Waals surface area (Å²) in [6.45, 7) is 1.33. The van der Waals surface area contributed by atoms with Gasteiger partial charge in [-0.25, -0.2) is 4.98 Å². The van der Waals surface area contributed by atoms with E-state index in [2.05, 4.69) is 19.1 Å². The standard InChI is InChI=1S/C9H6F3N3O3S2/c1-5-8(18-20(16,17)9(10,11)12)19-7(15-5)6-4-13-2-3-14-6/h2-4H,1H3. The fourth-order valence-electron chi connectivity index (χ4n) is 1.13. The van der Waals surface area contributed by atoms with Crippen molar-refractivity contribution in [2.45, 2.75) is 12.4 Å². The van der Waals surface area contributed by atoms with Gasteiger partial charge in [0, 0.05) is 12.4 Å². The molecule has 0 aliphatic heterocycles. The SMILES string of the molecule is Cc1nc(-c2cnccn2)sc1OS(=O)(=O)C(F)(F)F. The van der Waals surface area contributed by atoms with E-state index in [1.165, 1.54) is 25.5 Å². The quantitative estimate of drug-likeness (QED) is 0.635.